The number of aryl methyl sites for hydroxylation is 1. The zero-order chi connectivity index (χ0) is 29.6. The molecule has 2 aromatic carbocycles. The van der Waals surface area contributed by atoms with Crippen molar-refractivity contribution in [2.24, 2.45) is 11.8 Å². The molecule has 3 atom stereocenters. The minimum Gasteiger partial charge on any atom is -0.480 e. The van der Waals surface area contributed by atoms with Gasteiger partial charge in [0.15, 0.2) is 0 Å². The van der Waals surface area contributed by atoms with E-state index in [9.17, 15) is 14.3 Å². The van der Waals surface area contributed by atoms with Crippen LogP contribution in [0.4, 0.5) is 4.39 Å². The van der Waals surface area contributed by atoms with E-state index < -0.39 is 12.0 Å². The molecule has 0 bridgehead atoms. The van der Waals surface area contributed by atoms with Crippen LogP contribution in [0.2, 0.25) is 0 Å². The van der Waals surface area contributed by atoms with E-state index in [0.29, 0.717) is 12.5 Å². The topological polar surface area (TPSA) is 56.7 Å². The van der Waals surface area contributed by atoms with E-state index in [-0.39, 0.29) is 23.6 Å². The van der Waals surface area contributed by atoms with E-state index in [4.69, 9.17) is 4.98 Å². The van der Waals surface area contributed by atoms with Crippen molar-refractivity contribution in [2.45, 2.75) is 77.2 Å². The molecule has 1 aromatic heterocycles. The lowest BCUT2D eigenvalue weighted by Gasteiger charge is -2.35. The summed E-state index contributed by atoms with van der Waals surface area (Å²) in [5.41, 5.74) is 3.57. The first kappa shape index (κ1) is 30.8. The number of rotatable bonds is 12. The first-order valence-corrected chi connectivity index (χ1v) is 16.7. The average Bonchev–Trinajstić information content (AvgIpc) is 3.60. The molecular formula is C35H46FN3O2S. The Balaban J connectivity index is 1.27. The van der Waals surface area contributed by atoms with Crippen LogP contribution in [0.25, 0.3) is 0 Å². The van der Waals surface area contributed by atoms with E-state index in [1.165, 1.54) is 27.2 Å². The largest absolute Gasteiger partial charge is 0.480 e. The number of aromatic nitrogens is 1. The van der Waals surface area contributed by atoms with E-state index >= 15 is 0 Å². The Hall–Kier alpha value is -2.61. The molecule has 42 heavy (non-hydrogen) atoms. The van der Waals surface area contributed by atoms with Gasteiger partial charge >= 0.3 is 5.97 Å². The maximum Gasteiger partial charge on any atom is 0.321 e. The summed E-state index contributed by atoms with van der Waals surface area (Å²) in [7, 11) is 0. The average molecular weight is 592 g/mol. The number of carboxylic acid groups (broad SMARTS) is 1. The molecule has 2 aliphatic rings. The molecule has 0 saturated carbocycles. The molecular weight excluding hydrogens is 545 g/mol. The lowest BCUT2D eigenvalue weighted by atomic mass is 9.87. The monoisotopic (exact) mass is 591 g/mol. The number of likely N-dealkylation sites (tertiary alicyclic amines) is 2. The van der Waals surface area contributed by atoms with Crippen LogP contribution in [0.1, 0.15) is 85.0 Å². The Bertz CT molecular complexity index is 1300. The Morgan fingerprint density at radius 1 is 1.05 bits per heavy atom. The number of hydrogen-bond acceptors (Lipinski definition) is 5. The number of benzene rings is 2. The van der Waals surface area contributed by atoms with Crippen molar-refractivity contribution in [1.82, 2.24) is 14.8 Å². The summed E-state index contributed by atoms with van der Waals surface area (Å²) in [4.78, 5) is 23.7. The normalized spacial score (nSPS) is 21.3. The van der Waals surface area contributed by atoms with Crippen LogP contribution in [0.5, 0.6) is 0 Å². The minimum atomic E-state index is -0.730. The van der Waals surface area contributed by atoms with Gasteiger partial charge in [0.1, 0.15) is 11.9 Å². The molecule has 0 amide bonds. The summed E-state index contributed by atoms with van der Waals surface area (Å²) in [6.45, 7) is 10.8. The van der Waals surface area contributed by atoms with Crippen LogP contribution in [0.15, 0.2) is 54.6 Å². The number of carboxylic acids is 1. The molecule has 2 aliphatic heterocycles. The van der Waals surface area contributed by atoms with E-state index in [1.807, 2.05) is 17.4 Å². The van der Waals surface area contributed by atoms with Crippen LogP contribution in [-0.2, 0) is 17.6 Å². The van der Waals surface area contributed by atoms with E-state index in [0.717, 1.165) is 70.3 Å². The molecule has 0 spiro atoms. The second-order valence-corrected chi connectivity index (χ2v) is 13.4. The van der Waals surface area contributed by atoms with Gasteiger partial charge in [0, 0.05) is 36.9 Å². The van der Waals surface area contributed by atoms with Gasteiger partial charge in [-0.1, -0.05) is 76.1 Å². The van der Waals surface area contributed by atoms with Crippen LogP contribution in [-0.4, -0.2) is 64.6 Å². The summed E-state index contributed by atoms with van der Waals surface area (Å²) in [6, 6.07) is 17.1. The molecule has 0 aliphatic carbocycles. The van der Waals surface area contributed by atoms with Gasteiger partial charge in [-0.2, -0.15) is 0 Å². The summed E-state index contributed by atoms with van der Waals surface area (Å²) in [6.07, 6.45) is 5.79. The molecule has 2 saturated heterocycles. The van der Waals surface area contributed by atoms with Crippen molar-refractivity contribution in [1.29, 1.82) is 0 Å². The Labute approximate surface area is 254 Å². The number of piperidine rings is 1. The maximum absolute atomic E-state index is 14.3. The highest BCUT2D eigenvalue weighted by molar-refractivity contribution is 7.11. The summed E-state index contributed by atoms with van der Waals surface area (Å²) < 4.78 is 14.3. The summed E-state index contributed by atoms with van der Waals surface area (Å²) >= 11 is 1.90. The number of aliphatic carboxylic acids is 1. The molecule has 226 valence electrons. The van der Waals surface area contributed by atoms with Crippen LogP contribution in [0, 0.1) is 17.7 Å². The van der Waals surface area contributed by atoms with Crippen molar-refractivity contribution in [3.63, 3.8) is 0 Å². The lowest BCUT2D eigenvalue weighted by molar-refractivity contribution is -0.145. The van der Waals surface area contributed by atoms with E-state index in [2.05, 4.69) is 60.9 Å². The second-order valence-electron chi connectivity index (χ2n) is 12.2. The first-order chi connectivity index (χ1) is 20.4. The van der Waals surface area contributed by atoms with Crippen LogP contribution in [0.3, 0.4) is 0 Å². The van der Waals surface area contributed by atoms with Crippen LogP contribution >= 0.6 is 11.3 Å². The van der Waals surface area contributed by atoms with Gasteiger partial charge in [0.05, 0.1) is 10.7 Å². The van der Waals surface area contributed by atoms with Crippen molar-refractivity contribution >= 4 is 17.3 Å². The fourth-order valence-electron chi connectivity index (χ4n) is 7.36. The third kappa shape index (κ3) is 7.12. The predicted octanol–water partition coefficient (Wildman–Crippen LogP) is 7.22. The summed E-state index contributed by atoms with van der Waals surface area (Å²) in [5, 5.41) is 11.4. The molecule has 3 heterocycles. The number of thiazole rings is 1. The van der Waals surface area contributed by atoms with Crippen molar-refractivity contribution in [3.05, 3.63) is 87.1 Å². The number of hydrogen-bond donors (Lipinski definition) is 1. The third-order valence-electron chi connectivity index (χ3n) is 9.64. The van der Waals surface area contributed by atoms with E-state index in [1.54, 1.807) is 12.1 Å². The Kier molecular flexibility index (Phi) is 10.5. The highest BCUT2D eigenvalue weighted by Gasteiger charge is 2.42. The number of nitrogens with zero attached hydrogens (tertiary/aromatic N) is 3. The van der Waals surface area contributed by atoms with Gasteiger partial charge in [-0.05, 0) is 73.4 Å². The fourth-order valence-corrected chi connectivity index (χ4v) is 8.72. The van der Waals surface area contributed by atoms with Crippen molar-refractivity contribution in [3.8, 4) is 0 Å². The molecule has 2 fully saturated rings. The molecule has 5 rings (SSSR count). The second kappa shape index (κ2) is 14.2. The number of carbonyl (C=O) groups is 1. The van der Waals surface area contributed by atoms with Crippen molar-refractivity contribution < 1.29 is 14.3 Å². The molecule has 0 radical (unpaired) electrons. The molecule has 5 nitrogen and oxygen atoms in total. The van der Waals surface area contributed by atoms with Gasteiger partial charge in [0.25, 0.3) is 0 Å². The molecule has 7 heteroatoms. The van der Waals surface area contributed by atoms with Gasteiger partial charge in [-0.3, -0.25) is 9.69 Å². The number of halogens is 1. The highest BCUT2D eigenvalue weighted by Crippen LogP contribution is 2.39. The zero-order valence-electron chi connectivity index (χ0n) is 25.3. The minimum absolute atomic E-state index is 0.115. The predicted molar refractivity (Wildman–Crippen MR) is 169 cm³/mol. The lowest BCUT2D eigenvalue weighted by Crippen LogP contribution is -2.45. The first-order valence-electron chi connectivity index (χ1n) is 15.9. The Morgan fingerprint density at radius 3 is 2.43 bits per heavy atom. The quantitative estimate of drug-likeness (QED) is 0.241. The van der Waals surface area contributed by atoms with Crippen molar-refractivity contribution in [2.75, 3.05) is 32.7 Å². The molecule has 3 aromatic rings. The third-order valence-corrected chi connectivity index (χ3v) is 10.9. The van der Waals surface area contributed by atoms with Gasteiger partial charge in [-0.15, -0.1) is 11.3 Å². The van der Waals surface area contributed by atoms with Crippen LogP contribution < -0.4 is 0 Å². The smallest absolute Gasteiger partial charge is 0.321 e. The Morgan fingerprint density at radius 2 is 1.79 bits per heavy atom. The molecule has 0 unspecified atom stereocenters. The SMILES string of the molecule is CCc1nc(Cc2ccccc2)sc1C1CCN(C[C@H]2CN([C@H](C(=O)O)C(CC)CC)C[C@@H]2c2cccc(F)c2)CC1. The summed E-state index contributed by atoms with van der Waals surface area (Å²) in [5.74, 6) is 0.108. The highest BCUT2D eigenvalue weighted by atomic mass is 32.1. The van der Waals surface area contributed by atoms with Gasteiger partial charge in [-0.25, -0.2) is 9.37 Å². The van der Waals surface area contributed by atoms with Gasteiger partial charge in [0.2, 0.25) is 0 Å². The fraction of sp³-hybridized carbons (Fsp3) is 0.543. The zero-order valence-corrected chi connectivity index (χ0v) is 26.2. The molecule has 1 N–H and O–H groups in total. The maximum atomic E-state index is 14.3. The van der Waals surface area contributed by atoms with Gasteiger partial charge < -0.3 is 10.0 Å². The standard InChI is InChI=1S/C35H46FN3O2S/c1-4-25(5-2)33(35(40)41)39-22-28(30(23-39)27-13-10-14-29(36)20-27)21-38-17-15-26(16-18-38)34-31(6-3)37-32(42-34)19-24-11-8-7-9-12-24/h7-14,20,25-26,28,30,33H,4-6,15-19,21-23H2,1-3H3,(H,40,41)/t28-,30+,33-/m0/s1.